The van der Waals surface area contributed by atoms with Gasteiger partial charge in [0.1, 0.15) is 0 Å². The first-order valence-electron chi connectivity index (χ1n) is 7.03. The molecule has 1 aromatic rings. The van der Waals surface area contributed by atoms with Gasteiger partial charge in [-0.05, 0) is 45.4 Å². The fraction of sp³-hybridized carbons (Fsp3) is 0.438. The topological polar surface area (TPSA) is 79.8 Å². The van der Waals surface area contributed by atoms with Crippen molar-refractivity contribution in [3.05, 3.63) is 29.8 Å². The first-order valence-corrected chi connectivity index (χ1v) is 7.03. The first kappa shape index (κ1) is 17.7. The van der Waals surface area contributed by atoms with E-state index in [0.29, 0.717) is 5.71 Å². The highest BCUT2D eigenvalue weighted by molar-refractivity contribution is 5.99. The van der Waals surface area contributed by atoms with Crippen LogP contribution in [-0.2, 0) is 14.4 Å². The summed E-state index contributed by atoms with van der Waals surface area (Å²) in [5.74, 6) is -0.337. The molecule has 0 aromatic heterocycles. The van der Waals surface area contributed by atoms with Gasteiger partial charge in [0.2, 0.25) is 5.91 Å². The van der Waals surface area contributed by atoms with Crippen molar-refractivity contribution < 1.29 is 14.4 Å². The maximum atomic E-state index is 11.6. The Kier molecular flexibility index (Phi) is 6.10. The summed E-state index contributed by atoms with van der Waals surface area (Å²) in [4.78, 5) is 27.6. The minimum Gasteiger partial charge on any atom is -0.385 e. The van der Waals surface area contributed by atoms with Crippen LogP contribution < -0.4 is 10.6 Å². The molecule has 22 heavy (non-hydrogen) atoms. The number of amides is 2. The zero-order valence-corrected chi connectivity index (χ0v) is 13.7. The van der Waals surface area contributed by atoms with E-state index in [1.165, 1.54) is 6.92 Å². The minimum absolute atomic E-state index is 0.119. The van der Waals surface area contributed by atoms with Crippen LogP contribution in [0.4, 0.5) is 5.69 Å². The SMILES string of the molecule is CC(=O)Nc1ccc(C(C)=NOCC(=O)NC(C)(C)C)cc1. The number of anilines is 1. The Hall–Kier alpha value is -2.37. The molecule has 1 aromatic carbocycles. The molecule has 0 aliphatic heterocycles. The van der Waals surface area contributed by atoms with Gasteiger partial charge in [0.05, 0.1) is 5.71 Å². The zero-order chi connectivity index (χ0) is 16.8. The van der Waals surface area contributed by atoms with E-state index < -0.39 is 0 Å². The molecule has 0 atom stereocenters. The highest BCUT2D eigenvalue weighted by Crippen LogP contribution is 2.10. The third-order valence-electron chi connectivity index (χ3n) is 2.53. The third-order valence-corrected chi connectivity index (χ3v) is 2.53. The van der Waals surface area contributed by atoms with E-state index in [4.69, 9.17) is 4.84 Å². The van der Waals surface area contributed by atoms with Gasteiger partial charge < -0.3 is 15.5 Å². The van der Waals surface area contributed by atoms with E-state index in [-0.39, 0.29) is 24.0 Å². The largest absolute Gasteiger partial charge is 0.385 e. The van der Waals surface area contributed by atoms with Crippen molar-refractivity contribution in [2.45, 2.75) is 40.2 Å². The standard InChI is InChI=1S/C16H23N3O3/c1-11(19-22-10-15(21)18-16(3,4)5)13-6-8-14(9-7-13)17-12(2)20/h6-9H,10H2,1-5H3,(H,17,20)(H,18,21). The molecule has 0 fully saturated rings. The minimum atomic E-state index is -0.293. The van der Waals surface area contributed by atoms with Crippen molar-refractivity contribution in [2.24, 2.45) is 5.16 Å². The summed E-state index contributed by atoms with van der Waals surface area (Å²) in [6, 6.07) is 7.20. The normalized spacial score (nSPS) is 11.8. The molecule has 0 saturated heterocycles. The molecule has 0 unspecified atom stereocenters. The Labute approximate surface area is 130 Å². The number of nitrogens with zero attached hydrogens (tertiary/aromatic N) is 1. The lowest BCUT2D eigenvalue weighted by Crippen LogP contribution is -2.42. The van der Waals surface area contributed by atoms with Crippen molar-refractivity contribution in [1.82, 2.24) is 5.32 Å². The number of oxime groups is 1. The number of hydrogen-bond acceptors (Lipinski definition) is 4. The van der Waals surface area contributed by atoms with E-state index in [1.54, 1.807) is 19.1 Å². The molecule has 2 amide bonds. The van der Waals surface area contributed by atoms with Crippen LogP contribution in [-0.4, -0.2) is 29.7 Å². The Morgan fingerprint density at radius 2 is 1.73 bits per heavy atom. The third kappa shape index (κ3) is 6.88. The van der Waals surface area contributed by atoms with Crippen LogP contribution in [0.5, 0.6) is 0 Å². The van der Waals surface area contributed by atoms with Crippen LogP contribution in [0.2, 0.25) is 0 Å². The number of carbonyl (C=O) groups excluding carboxylic acids is 2. The van der Waals surface area contributed by atoms with Gasteiger partial charge in [-0.1, -0.05) is 17.3 Å². The second-order valence-corrected chi connectivity index (χ2v) is 6.01. The molecule has 0 aliphatic carbocycles. The summed E-state index contributed by atoms with van der Waals surface area (Å²) >= 11 is 0. The van der Waals surface area contributed by atoms with Crippen molar-refractivity contribution in [3.8, 4) is 0 Å². The highest BCUT2D eigenvalue weighted by atomic mass is 16.6. The second kappa shape index (κ2) is 7.59. The predicted octanol–water partition coefficient (Wildman–Crippen LogP) is 2.30. The van der Waals surface area contributed by atoms with E-state index in [2.05, 4.69) is 15.8 Å². The summed E-state index contributed by atoms with van der Waals surface area (Å²) in [6.45, 7) is 8.81. The first-order chi connectivity index (χ1) is 10.2. The summed E-state index contributed by atoms with van der Waals surface area (Å²) < 4.78 is 0. The average Bonchev–Trinajstić information content (AvgIpc) is 2.36. The molecule has 0 bridgehead atoms. The Morgan fingerprint density at radius 1 is 1.14 bits per heavy atom. The smallest absolute Gasteiger partial charge is 0.261 e. The number of rotatable bonds is 5. The molecule has 0 aliphatic rings. The fourth-order valence-electron chi connectivity index (χ4n) is 1.69. The molecule has 0 spiro atoms. The maximum Gasteiger partial charge on any atom is 0.261 e. The second-order valence-electron chi connectivity index (χ2n) is 6.01. The molecule has 0 saturated carbocycles. The van der Waals surface area contributed by atoms with Crippen molar-refractivity contribution in [2.75, 3.05) is 11.9 Å². The van der Waals surface area contributed by atoms with Crippen LogP contribution in [0.25, 0.3) is 0 Å². The van der Waals surface area contributed by atoms with Crippen LogP contribution in [0, 0.1) is 0 Å². The Balaban J connectivity index is 2.54. The molecule has 6 nitrogen and oxygen atoms in total. The van der Waals surface area contributed by atoms with E-state index in [1.807, 2.05) is 32.9 Å². The van der Waals surface area contributed by atoms with Gasteiger partial charge in [-0.15, -0.1) is 0 Å². The predicted molar refractivity (Wildman–Crippen MR) is 86.8 cm³/mol. The molecule has 120 valence electrons. The molecular weight excluding hydrogens is 282 g/mol. The maximum absolute atomic E-state index is 11.6. The zero-order valence-electron chi connectivity index (χ0n) is 13.7. The molecule has 2 N–H and O–H groups in total. The molecule has 0 heterocycles. The van der Waals surface area contributed by atoms with Crippen molar-refractivity contribution in [3.63, 3.8) is 0 Å². The molecule has 1 rings (SSSR count). The van der Waals surface area contributed by atoms with E-state index >= 15 is 0 Å². The summed E-state index contributed by atoms with van der Waals surface area (Å²) in [6.07, 6.45) is 0. The molecular formula is C16H23N3O3. The van der Waals surface area contributed by atoms with E-state index in [9.17, 15) is 9.59 Å². The lowest BCUT2D eigenvalue weighted by molar-refractivity contribution is -0.127. The summed E-state index contributed by atoms with van der Waals surface area (Å²) in [5, 5.41) is 9.40. The lowest BCUT2D eigenvalue weighted by Gasteiger charge is -2.19. The van der Waals surface area contributed by atoms with Crippen LogP contribution >= 0.6 is 0 Å². The monoisotopic (exact) mass is 305 g/mol. The highest BCUT2D eigenvalue weighted by Gasteiger charge is 2.13. The molecule has 0 radical (unpaired) electrons. The van der Waals surface area contributed by atoms with Gasteiger partial charge in [-0.2, -0.15) is 0 Å². The molecule has 6 heteroatoms. The van der Waals surface area contributed by atoms with Crippen LogP contribution in [0.15, 0.2) is 29.4 Å². The number of carbonyl (C=O) groups is 2. The lowest BCUT2D eigenvalue weighted by atomic mass is 10.1. The van der Waals surface area contributed by atoms with Gasteiger partial charge in [-0.25, -0.2) is 0 Å². The fourth-order valence-corrected chi connectivity index (χ4v) is 1.69. The van der Waals surface area contributed by atoms with Gasteiger partial charge in [0, 0.05) is 18.2 Å². The summed E-state index contributed by atoms with van der Waals surface area (Å²) in [7, 11) is 0. The van der Waals surface area contributed by atoms with Crippen LogP contribution in [0.3, 0.4) is 0 Å². The Morgan fingerprint density at radius 3 is 2.23 bits per heavy atom. The van der Waals surface area contributed by atoms with Gasteiger partial charge in [-0.3, -0.25) is 9.59 Å². The van der Waals surface area contributed by atoms with Gasteiger partial charge >= 0.3 is 0 Å². The number of benzene rings is 1. The van der Waals surface area contributed by atoms with Gasteiger partial charge in [0.15, 0.2) is 6.61 Å². The van der Waals surface area contributed by atoms with Gasteiger partial charge in [0.25, 0.3) is 5.91 Å². The average molecular weight is 305 g/mol. The Bertz CT molecular complexity index is 557. The quantitative estimate of drug-likeness (QED) is 0.647. The van der Waals surface area contributed by atoms with Crippen LogP contribution in [0.1, 0.15) is 40.2 Å². The van der Waals surface area contributed by atoms with Crippen molar-refractivity contribution in [1.29, 1.82) is 0 Å². The number of hydrogen-bond donors (Lipinski definition) is 2. The van der Waals surface area contributed by atoms with E-state index in [0.717, 1.165) is 11.3 Å². The summed E-state index contributed by atoms with van der Waals surface area (Å²) in [5.41, 5.74) is 1.93. The number of nitrogens with one attached hydrogen (secondary N) is 2. The van der Waals surface area contributed by atoms with Crippen molar-refractivity contribution >= 4 is 23.2 Å².